The van der Waals surface area contributed by atoms with Crippen LogP contribution in [0.1, 0.15) is 41.8 Å². The highest BCUT2D eigenvalue weighted by atomic mass is 16.7. The van der Waals surface area contributed by atoms with Crippen LogP contribution in [0.2, 0.25) is 0 Å². The van der Waals surface area contributed by atoms with E-state index in [1.807, 2.05) is 44.7 Å². The molecule has 1 atom stereocenters. The molecule has 1 unspecified atom stereocenters. The molecule has 0 N–H and O–H groups in total. The lowest BCUT2D eigenvalue weighted by Gasteiger charge is -2.23. The predicted octanol–water partition coefficient (Wildman–Crippen LogP) is 2.42. The van der Waals surface area contributed by atoms with Crippen LogP contribution >= 0.6 is 0 Å². The Morgan fingerprint density at radius 3 is 2.70 bits per heavy atom. The summed E-state index contributed by atoms with van der Waals surface area (Å²) in [6.45, 7) is 10.0. The molecular weight excluding hydrogens is 348 g/mol. The molecule has 0 bridgehead atoms. The van der Waals surface area contributed by atoms with Crippen molar-refractivity contribution in [3.8, 4) is 0 Å². The van der Waals surface area contributed by atoms with Crippen molar-refractivity contribution in [2.24, 2.45) is 11.0 Å². The highest BCUT2D eigenvalue weighted by Crippen LogP contribution is 2.30. The molecule has 0 aromatic heterocycles. The third-order valence-electron chi connectivity index (χ3n) is 5.11. The Kier molecular flexibility index (Phi) is 5.19. The highest BCUT2D eigenvalue weighted by Gasteiger charge is 2.39. The first-order valence-electron chi connectivity index (χ1n) is 9.17. The second kappa shape index (κ2) is 7.26. The van der Waals surface area contributed by atoms with Crippen LogP contribution in [0.5, 0.6) is 0 Å². The van der Waals surface area contributed by atoms with Crippen LogP contribution in [-0.4, -0.2) is 58.5 Å². The van der Waals surface area contributed by atoms with E-state index in [0.717, 1.165) is 17.5 Å². The number of aryl methyl sites for hydroxylation is 2. The Morgan fingerprint density at radius 1 is 1.37 bits per heavy atom. The van der Waals surface area contributed by atoms with Crippen molar-refractivity contribution in [1.82, 2.24) is 9.80 Å². The number of nitrogens with zero attached hydrogens (tertiary/aromatic N) is 4. The largest absolute Gasteiger partial charge is 0.375 e. The minimum absolute atomic E-state index is 0.120. The zero-order valence-corrected chi connectivity index (χ0v) is 16.3. The molecule has 3 rings (SSSR count). The van der Waals surface area contributed by atoms with Gasteiger partial charge in [-0.2, -0.15) is 0 Å². The molecule has 2 heterocycles. The molecule has 1 aromatic rings. The van der Waals surface area contributed by atoms with Crippen molar-refractivity contribution in [3.63, 3.8) is 0 Å². The van der Waals surface area contributed by atoms with E-state index in [-0.39, 0.29) is 23.4 Å². The number of nitro groups is 1. The number of amides is 1. The van der Waals surface area contributed by atoms with Gasteiger partial charge in [0, 0.05) is 31.1 Å². The maximum absolute atomic E-state index is 13.0. The summed E-state index contributed by atoms with van der Waals surface area (Å²) in [6, 6.07) is 5.58. The van der Waals surface area contributed by atoms with Gasteiger partial charge in [0.25, 0.3) is 11.9 Å². The second-order valence-corrected chi connectivity index (χ2v) is 8.00. The van der Waals surface area contributed by atoms with E-state index < -0.39 is 5.03 Å². The quantitative estimate of drug-likeness (QED) is 0.596. The molecule has 2 aliphatic heterocycles. The van der Waals surface area contributed by atoms with Gasteiger partial charge in [-0.15, -0.1) is 0 Å². The second-order valence-electron chi connectivity index (χ2n) is 8.00. The Labute approximate surface area is 158 Å². The van der Waals surface area contributed by atoms with Crippen LogP contribution in [-0.2, 0) is 4.74 Å². The van der Waals surface area contributed by atoms with E-state index in [2.05, 4.69) is 5.10 Å². The number of hydrogen-bond acceptors (Lipinski definition) is 4. The van der Waals surface area contributed by atoms with Crippen molar-refractivity contribution in [1.29, 1.82) is 0 Å². The predicted molar refractivity (Wildman–Crippen MR) is 101 cm³/mol. The van der Waals surface area contributed by atoms with E-state index in [9.17, 15) is 14.9 Å². The summed E-state index contributed by atoms with van der Waals surface area (Å²) in [5.74, 6) is 0.126. The zero-order chi connectivity index (χ0) is 19.8. The van der Waals surface area contributed by atoms with Crippen molar-refractivity contribution in [3.05, 3.63) is 45.0 Å². The summed E-state index contributed by atoms with van der Waals surface area (Å²) < 4.78 is 5.77. The SMILES string of the molecule is Cc1ccc(C(=O)N2CCN(CC3COC(C)(C)C3)C2=N[N+](=O)[O-])c(C)c1. The van der Waals surface area contributed by atoms with E-state index in [0.29, 0.717) is 31.8 Å². The monoisotopic (exact) mass is 374 g/mol. The molecule has 0 radical (unpaired) electrons. The fourth-order valence-electron chi connectivity index (χ4n) is 3.93. The zero-order valence-electron chi connectivity index (χ0n) is 16.3. The van der Waals surface area contributed by atoms with Crippen molar-refractivity contribution in [2.75, 3.05) is 26.2 Å². The number of rotatable bonds is 4. The van der Waals surface area contributed by atoms with Gasteiger partial charge in [0.1, 0.15) is 5.10 Å². The number of carbonyl (C=O) groups excluding carboxylic acids is 1. The smallest absolute Gasteiger partial charge is 0.281 e. The van der Waals surface area contributed by atoms with E-state index in [1.54, 1.807) is 6.07 Å². The summed E-state index contributed by atoms with van der Waals surface area (Å²) >= 11 is 0. The molecule has 146 valence electrons. The number of hydrogen-bond donors (Lipinski definition) is 0. The van der Waals surface area contributed by atoms with Crippen LogP contribution in [0.3, 0.4) is 0 Å². The maximum atomic E-state index is 13.0. The number of benzene rings is 1. The number of guanidine groups is 1. The van der Waals surface area contributed by atoms with Gasteiger partial charge < -0.3 is 9.64 Å². The molecule has 0 spiro atoms. The topological polar surface area (TPSA) is 88.3 Å². The van der Waals surface area contributed by atoms with Crippen molar-refractivity contribution in [2.45, 2.75) is 39.7 Å². The van der Waals surface area contributed by atoms with E-state index >= 15 is 0 Å². The van der Waals surface area contributed by atoms with Crippen LogP contribution < -0.4 is 0 Å². The Hall–Kier alpha value is -2.48. The molecule has 1 aromatic carbocycles. The van der Waals surface area contributed by atoms with Gasteiger partial charge in [-0.1, -0.05) is 17.7 Å². The molecular formula is C19H26N4O4. The van der Waals surface area contributed by atoms with Gasteiger partial charge >= 0.3 is 0 Å². The van der Waals surface area contributed by atoms with Gasteiger partial charge in [0.15, 0.2) is 5.03 Å². The first-order chi connectivity index (χ1) is 12.7. The summed E-state index contributed by atoms with van der Waals surface area (Å²) in [7, 11) is 0. The Bertz CT molecular complexity index is 790. The van der Waals surface area contributed by atoms with Crippen LogP contribution in [0.25, 0.3) is 0 Å². The summed E-state index contributed by atoms with van der Waals surface area (Å²) in [4.78, 5) is 27.4. The van der Waals surface area contributed by atoms with Crippen LogP contribution in [0.15, 0.2) is 23.3 Å². The summed E-state index contributed by atoms with van der Waals surface area (Å²) in [6.07, 6.45) is 0.875. The third-order valence-corrected chi connectivity index (χ3v) is 5.11. The molecule has 1 amide bonds. The van der Waals surface area contributed by atoms with E-state index in [4.69, 9.17) is 4.74 Å². The van der Waals surface area contributed by atoms with Gasteiger partial charge in [0.05, 0.1) is 12.2 Å². The number of carbonyl (C=O) groups is 1. The number of ether oxygens (including phenoxy) is 1. The van der Waals surface area contributed by atoms with Gasteiger partial charge in [-0.25, -0.2) is 10.1 Å². The molecule has 8 heteroatoms. The lowest BCUT2D eigenvalue weighted by Crippen LogP contribution is -2.40. The van der Waals surface area contributed by atoms with Crippen LogP contribution in [0, 0.1) is 29.9 Å². The minimum Gasteiger partial charge on any atom is -0.375 e. The van der Waals surface area contributed by atoms with Crippen molar-refractivity contribution >= 4 is 11.9 Å². The minimum atomic E-state index is -0.731. The van der Waals surface area contributed by atoms with E-state index in [1.165, 1.54) is 4.90 Å². The van der Waals surface area contributed by atoms with Gasteiger partial charge in [-0.3, -0.25) is 9.69 Å². The molecule has 0 aliphatic carbocycles. The molecule has 27 heavy (non-hydrogen) atoms. The Morgan fingerprint density at radius 2 is 2.11 bits per heavy atom. The van der Waals surface area contributed by atoms with Gasteiger partial charge in [0.2, 0.25) is 0 Å². The third kappa shape index (κ3) is 4.27. The average Bonchev–Trinajstić information content (AvgIpc) is 3.10. The highest BCUT2D eigenvalue weighted by molar-refractivity contribution is 6.07. The first-order valence-corrected chi connectivity index (χ1v) is 9.17. The standard InChI is InChI=1S/C19H26N4O4/c1-13-5-6-16(14(2)9-13)17(24)22-8-7-21(18(22)20-23(25)26)11-15-10-19(3,4)27-12-15/h5-6,9,15H,7-8,10-12H2,1-4H3. The molecule has 0 saturated carbocycles. The van der Waals surface area contributed by atoms with Crippen LogP contribution in [0.4, 0.5) is 0 Å². The molecule has 2 aliphatic rings. The summed E-state index contributed by atoms with van der Waals surface area (Å²) in [5, 5.41) is 13.9. The Balaban J connectivity index is 1.81. The normalized spacial score (nSPS) is 23.3. The number of hydrazone groups is 1. The molecule has 8 nitrogen and oxygen atoms in total. The fraction of sp³-hybridized carbons (Fsp3) is 0.579. The average molecular weight is 374 g/mol. The maximum Gasteiger partial charge on any atom is 0.281 e. The fourth-order valence-corrected chi connectivity index (χ4v) is 3.93. The van der Waals surface area contributed by atoms with Crippen molar-refractivity contribution < 1.29 is 14.6 Å². The lowest BCUT2D eigenvalue weighted by atomic mass is 9.97. The van der Waals surface area contributed by atoms with Gasteiger partial charge in [-0.05, 0) is 45.7 Å². The first kappa shape index (κ1) is 19.3. The molecule has 2 saturated heterocycles. The lowest BCUT2D eigenvalue weighted by molar-refractivity contribution is -0.486. The molecule has 2 fully saturated rings. The summed E-state index contributed by atoms with van der Waals surface area (Å²) in [5.41, 5.74) is 2.28.